The molecule has 3 atom stereocenters. The van der Waals surface area contributed by atoms with Crippen LogP contribution in [0.1, 0.15) is 49.8 Å². The van der Waals surface area contributed by atoms with Gasteiger partial charge in [0.2, 0.25) is 23.0 Å². The van der Waals surface area contributed by atoms with E-state index in [1.54, 1.807) is 45.2 Å². The zero-order valence-electron chi connectivity index (χ0n) is 25.0. The predicted molar refractivity (Wildman–Crippen MR) is 165 cm³/mol. The number of hydrogen-bond donors (Lipinski definition) is 3. The fraction of sp³-hybridized carbons (Fsp3) is 0.516. The lowest BCUT2D eigenvalue weighted by atomic mass is 9.95. The Bertz CT molecular complexity index is 1350. The van der Waals surface area contributed by atoms with E-state index in [2.05, 4.69) is 16.0 Å². The minimum absolute atomic E-state index is 0.0202. The van der Waals surface area contributed by atoms with Crippen molar-refractivity contribution in [3.63, 3.8) is 0 Å². The van der Waals surface area contributed by atoms with E-state index in [1.807, 2.05) is 18.4 Å². The van der Waals surface area contributed by atoms with Gasteiger partial charge in [-0.25, -0.2) is 0 Å². The molecule has 11 heteroatoms. The van der Waals surface area contributed by atoms with Crippen LogP contribution in [0.5, 0.6) is 17.2 Å². The molecule has 2 aromatic rings. The summed E-state index contributed by atoms with van der Waals surface area (Å²) in [5, 5.41) is 9.24. The van der Waals surface area contributed by atoms with Crippen molar-refractivity contribution in [3.8, 4) is 28.4 Å². The van der Waals surface area contributed by atoms with Gasteiger partial charge in [-0.05, 0) is 79.0 Å². The number of nitrogens with one attached hydrogen (secondary N) is 3. The Labute approximate surface area is 251 Å². The number of thioether (sulfide) groups is 1. The van der Waals surface area contributed by atoms with Gasteiger partial charge in [-0.2, -0.15) is 11.8 Å². The molecule has 2 aliphatic rings. The highest BCUT2D eigenvalue weighted by Crippen LogP contribution is 2.50. The summed E-state index contributed by atoms with van der Waals surface area (Å²) in [5.74, 6) is 1.82. The molecule has 1 aliphatic heterocycles. The summed E-state index contributed by atoms with van der Waals surface area (Å²) in [7, 11) is 4.68. The van der Waals surface area contributed by atoms with E-state index in [1.165, 1.54) is 6.92 Å². The first-order valence-electron chi connectivity index (χ1n) is 14.2. The van der Waals surface area contributed by atoms with Gasteiger partial charge in [-0.15, -0.1) is 0 Å². The van der Waals surface area contributed by atoms with E-state index in [-0.39, 0.29) is 23.3 Å². The third kappa shape index (κ3) is 7.12. The summed E-state index contributed by atoms with van der Waals surface area (Å²) < 4.78 is 22.8. The molecule has 10 nitrogen and oxygen atoms in total. The molecule has 1 fully saturated rings. The SMILES string of the molecule is COc1cc2c(c(OC)c1OC)-c1ccc(N[C@@H](CCSC)C(=O)NC[C@H]3CCCO3)c(=O)cc1[C@@H](NC(C)=O)CC2. The summed E-state index contributed by atoms with van der Waals surface area (Å²) >= 11 is 1.64. The van der Waals surface area contributed by atoms with Crippen LogP contribution in [-0.4, -0.2) is 70.4 Å². The van der Waals surface area contributed by atoms with Crippen molar-refractivity contribution >= 4 is 29.3 Å². The first-order valence-corrected chi connectivity index (χ1v) is 15.6. The Morgan fingerprint density at radius 2 is 1.88 bits per heavy atom. The average Bonchev–Trinajstić information content (AvgIpc) is 3.40. The highest BCUT2D eigenvalue weighted by Gasteiger charge is 2.30. The number of hydrogen-bond acceptors (Lipinski definition) is 9. The van der Waals surface area contributed by atoms with Crippen molar-refractivity contribution in [2.75, 3.05) is 51.8 Å². The highest BCUT2D eigenvalue weighted by atomic mass is 32.2. The van der Waals surface area contributed by atoms with Crippen LogP contribution in [-0.2, 0) is 20.7 Å². The van der Waals surface area contributed by atoms with E-state index in [9.17, 15) is 14.4 Å². The Morgan fingerprint density at radius 1 is 1.10 bits per heavy atom. The molecule has 0 spiro atoms. The number of ether oxygens (including phenoxy) is 4. The Balaban J connectivity index is 1.79. The Kier molecular flexibility index (Phi) is 11.0. The van der Waals surface area contributed by atoms with Crippen molar-refractivity contribution < 1.29 is 28.5 Å². The molecular weight excluding hydrogens is 558 g/mol. The molecule has 1 saturated heterocycles. The maximum Gasteiger partial charge on any atom is 0.242 e. The molecule has 4 rings (SSSR count). The fourth-order valence-electron chi connectivity index (χ4n) is 5.66. The quantitative estimate of drug-likeness (QED) is 0.335. The number of amides is 2. The lowest BCUT2D eigenvalue weighted by Gasteiger charge is -2.20. The molecule has 0 aromatic heterocycles. The molecule has 2 amide bonds. The Morgan fingerprint density at radius 3 is 2.52 bits per heavy atom. The Hall–Kier alpha value is -3.44. The van der Waals surface area contributed by atoms with Crippen LogP contribution < -0.4 is 35.6 Å². The number of rotatable bonds is 12. The van der Waals surface area contributed by atoms with E-state index in [0.717, 1.165) is 35.3 Å². The summed E-state index contributed by atoms with van der Waals surface area (Å²) in [5.41, 5.74) is 3.12. The average molecular weight is 600 g/mol. The van der Waals surface area contributed by atoms with Gasteiger partial charge in [-0.3, -0.25) is 14.4 Å². The normalized spacial score (nSPS) is 18.1. The molecule has 1 heterocycles. The molecule has 1 aliphatic carbocycles. The summed E-state index contributed by atoms with van der Waals surface area (Å²) in [6.45, 7) is 2.62. The lowest BCUT2D eigenvalue weighted by Crippen LogP contribution is -2.43. The van der Waals surface area contributed by atoms with E-state index >= 15 is 0 Å². The van der Waals surface area contributed by atoms with Gasteiger partial charge >= 0.3 is 0 Å². The summed E-state index contributed by atoms with van der Waals surface area (Å²) in [6, 6.07) is 6.00. The minimum Gasteiger partial charge on any atom is -0.493 e. The molecule has 2 aromatic carbocycles. The minimum atomic E-state index is -0.605. The third-order valence-electron chi connectivity index (χ3n) is 7.70. The molecule has 0 unspecified atom stereocenters. The van der Waals surface area contributed by atoms with Gasteiger partial charge in [0.05, 0.1) is 39.2 Å². The lowest BCUT2D eigenvalue weighted by molar-refractivity contribution is -0.122. The van der Waals surface area contributed by atoms with Crippen molar-refractivity contribution in [1.29, 1.82) is 0 Å². The maximum absolute atomic E-state index is 13.7. The molecule has 0 radical (unpaired) electrons. The van der Waals surface area contributed by atoms with E-state index < -0.39 is 12.1 Å². The number of aryl methyl sites for hydroxylation is 1. The topological polar surface area (TPSA) is 124 Å². The van der Waals surface area contributed by atoms with Crippen LogP contribution >= 0.6 is 11.8 Å². The number of methoxy groups -OCH3 is 3. The number of anilines is 1. The molecular formula is C31H41N3O7S. The molecule has 0 bridgehead atoms. The molecule has 228 valence electrons. The maximum atomic E-state index is 13.7. The van der Waals surface area contributed by atoms with Gasteiger partial charge in [0.25, 0.3) is 0 Å². The first kappa shape index (κ1) is 31.5. The smallest absolute Gasteiger partial charge is 0.242 e. The second-order valence-corrected chi connectivity index (χ2v) is 11.4. The van der Waals surface area contributed by atoms with Gasteiger partial charge in [0, 0.05) is 25.6 Å². The van der Waals surface area contributed by atoms with Crippen molar-refractivity contribution in [2.45, 2.75) is 57.2 Å². The number of fused-ring (bicyclic) bond motifs is 3. The van der Waals surface area contributed by atoms with Crippen LogP contribution in [0.25, 0.3) is 11.1 Å². The van der Waals surface area contributed by atoms with Crippen molar-refractivity contribution in [2.24, 2.45) is 0 Å². The second-order valence-electron chi connectivity index (χ2n) is 10.5. The van der Waals surface area contributed by atoms with Crippen LogP contribution in [0, 0.1) is 0 Å². The largest absolute Gasteiger partial charge is 0.493 e. The first-order chi connectivity index (χ1) is 20.3. The van der Waals surface area contributed by atoms with Gasteiger partial charge in [0.15, 0.2) is 11.5 Å². The van der Waals surface area contributed by atoms with Gasteiger partial charge in [0.1, 0.15) is 6.04 Å². The summed E-state index contributed by atoms with van der Waals surface area (Å²) in [4.78, 5) is 39.2. The van der Waals surface area contributed by atoms with E-state index in [4.69, 9.17) is 18.9 Å². The third-order valence-corrected chi connectivity index (χ3v) is 8.34. The zero-order valence-corrected chi connectivity index (χ0v) is 25.8. The van der Waals surface area contributed by atoms with Crippen LogP contribution in [0.3, 0.4) is 0 Å². The second kappa shape index (κ2) is 14.6. The van der Waals surface area contributed by atoms with E-state index in [0.29, 0.717) is 60.9 Å². The molecule has 0 saturated carbocycles. The van der Waals surface area contributed by atoms with Crippen molar-refractivity contribution in [3.05, 3.63) is 45.6 Å². The van der Waals surface area contributed by atoms with Crippen LogP contribution in [0.2, 0.25) is 0 Å². The van der Waals surface area contributed by atoms with Gasteiger partial charge < -0.3 is 34.9 Å². The number of carbonyl (C=O) groups excluding carboxylic acids is 2. The van der Waals surface area contributed by atoms with Gasteiger partial charge in [-0.1, -0.05) is 6.07 Å². The van der Waals surface area contributed by atoms with Crippen LogP contribution in [0.15, 0.2) is 29.1 Å². The molecule has 3 N–H and O–H groups in total. The predicted octanol–water partition coefficient (Wildman–Crippen LogP) is 3.69. The fourth-order valence-corrected chi connectivity index (χ4v) is 6.13. The van der Waals surface area contributed by atoms with Crippen LogP contribution in [0.4, 0.5) is 5.69 Å². The summed E-state index contributed by atoms with van der Waals surface area (Å²) in [6.07, 6.45) is 5.63. The number of carbonyl (C=O) groups is 2. The standard InChI is InChI=1S/C31H41N3O7S/c1-18(35)33-23-10-8-19-15-27(38-2)29(39-3)30(40-4)28(19)21-9-11-24(26(36)16-22(21)23)34-25(12-14-42-5)31(37)32-17-20-7-6-13-41-20/h9,11,15-16,20,23,25H,6-8,10,12-14,17H2,1-5H3,(H,32,37)(H,33,35)(H,34,36)/t20-,23+,25+/m1/s1. The monoisotopic (exact) mass is 599 g/mol. The highest BCUT2D eigenvalue weighted by molar-refractivity contribution is 7.98. The van der Waals surface area contributed by atoms with Crippen molar-refractivity contribution in [1.82, 2.24) is 10.6 Å². The number of benzene rings is 1. The molecule has 42 heavy (non-hydrogen) atoms. The zero-order chi connectivity index (χ0) is 30.2.